The zero-order chi connectivity index (χ0) is 19.3. The van der Waals surface area contributed by atoms with Crippen molar-refractivity contribution >= 4 is 5.91 Å². The zero-order valence-electron chi connectivity index (χ0n) is 15.6. The lowest BCUT2D eigenvalue weighted by Gasteiger charge is -2.30. The predicted octanol–water partition coefficient (Wildman–Crippen LogP) is 1.05. The highest BCUT2D eigenvalue weighted by Crippen LogP contribution is 2.18. The van der Waals surface area contributed by atoms with Crippen molar-refractivity contribution in [1.82, 2.24) is 15.6 Å². The normalized spacial score (nSPS) is 22.3. The van der Waals surface area contributed by atoms with Crippen LogP contribution in [0.2, 0.25) is 0 Å². The first-order chi connectivity index (χ1) is 13.7. The van der Waals surface area contributed by atoms with Gasteiger partial charge in [-0.2, -0.15) is 0 Å². The second-order valence-electron chi connectivity index (χ2n) is 7.22. The van der Waals surface area contributed by atoms with Crippen molar-refractivity contribution in [1.29, 1.82) is 0 Å². The Balaban J connectivity index is 1.30. The van der Waals surface area contributed by atoms with E-state index in [9.17, 15) is 9.90 Å². The number of aliphatic hydroxyl groups excluding tert-OH is 1. The minimum absolute atomic E-state index is 0.0205. The summed E-state index contributed by atoms with van der Waals surface area (Å²) >= 11 is 0. The van der Waals surface area contributed by atoms with Crippen LogP contribution in [-0.4, -0.2) is 54.0 Å². The van der Waals surface area contributed by atoms with Gasteiger partial charge in [-0.05, 0) is 23.6 Å². The van der Waals surface area contributed by atoms with Gasteiger partial charge < -0.3 is 25.2 Å². The van der Waals surface area contributed by atoms with Crippen molar-refractivity contribution < 1.29 is 19.4 Å². The number of benzene rings is 1. The van der Waals surface area contributed by atoms with E-state index in [-0.39, 0.29) is 24.6 Å². The highest BCUT2D eigenvalue weighted by molar-refractivity contribution is 5.94. The molecule has 2 aromatic rings. The molecule has 0 aliphatic carbocycles. The Morgan fingerprint density at radius 2 is 2.21 bits per heavy atom. The maximum Gasteiger partial charge on any atom is 0.251 e. The summed E-state index contributed by atoms with van der Waals surface area (Å²) in [7, 11) is 0. The van der Waals surface area contributed by atoms with Gasteiger partial charge >= 0.3 is 0 Å². The van der Waals surface area contributed by atoms with E-state index in [0.29, 0.717) is 24.7 Å². The lowest BCUT2D eigenvalue weighted by atomic mass is 9.93. The molecule has 3 heterocycles. The molecule has 2 aliphatic rings. The Morgan fingerprint density at radius 1 is 1.36 bits per heavy atom. The molecular weight excluding hydrogens is 358 g/mol. The molecule has 148 valence electrons. The van der Waals surface area contributed by atoms with Gasteiger partial charge in [-0.15, -0.1) is 0 Å². The molecule has 1 aromatic carbocycles. The highest BCUT2D eigenvalue weighted by Gasteiger charge is 2.25. The number of carbonyl (C=O) groups excluding carboxylic acids is 1. The molecule has 3 N–H and O–H groups in total. The van der Waals surface area contributed by atoms with Gasteiger partial charge in [-0.1, -0.05) is 24.3 Å². The second-order valence-corrected chi connectivity index (χ2v) is 7.22. The number of pyridine rings is 1. The molecule has 2 unspecified atom stereocenters. The fraction of sp³-hybridized carbons (Fsp3) is 0.429. The first kappa shape index (κ1) is 18.9. The number of hydrogen-bond donors (Lipinski definition) is 3. The highest BCUT2D eigenvalue weighted by atomic mass is 16.5. The van der Waals surface area contributed by atoms with Crippen LogP contribution in [0.4, 0.5) is 0 Å². The monoisotopic (exact) mass is 383 g/mol. The van der Waals surface area contributed by atoms with Crippen molar-refractivity contribution in [3.63, 3.8) is 0 Å². The summed E-state index contributed by atoms with van der Waals surface area (Å²) in [5, 5.41) is 16.7. The Bertz CT molecular complexity index is 823. The van der Waals surface area contributed by atoms with Crippen LogP contribution in [0.3, 0.4) is 0 Å². The van der Waals surface area contributed by atoms with E-state index < -0.39 is 6.10 Å². The summed E-state index contributed by atoms with van der Waals surface area (Å²) in [4.78, 5) is 16.6. The standard InChI is InChI=1S/C21H25N3O4/c25-19(18-9-14-3-1-2-4-16(14)11-23-18)12-24-21(26)15-5-7-22-20(10-15)28-17-6-8-27-13-17/h1-5,7,10,17-19,23,25H,6,8-9,11-13H2,(H,24,26)/t17?,18-,19?/m0/s1. The van der Waals surface area contributed by atoms with Gasteiger partial charge in [0.25, 0.3) is 5.91 Å². The first-order valence-electron chi connectivity index (χ1n) is 9.66. The molecule has 4 rings (SSSR count). The zero-order valence-corrected chi connectivity index (χ0v) is 15.6. The molecule has 0 radical (unpaired) electrons. The average Bonchev–Trinajstić information content (AvgIpc) is 3.24. The Labute approximate surface area is 164 Å². The average molecular weight is 383 g/mol. The van der Waals surface area contributed by atoms with E-state index in [1.165, 1.54) is 11.1 Å². The van der Waals surface area contributed by atoms with Crippen LogP contribution in [0, 0.1) is 0 Å². The van der Waals surface area contributed by atoms with E-state index in [4.69, 9.17) is 9.47 Å². The smallest absolute Gasteiger partial charge is 0.251 e. The molecule has 1 fully saturated rings. The van der Waals surface area contributed by atoms with Crippen molar-refractivity contribution in [3.8, 4) is 5.88 Å². The Kier molecular flexibility index (Phi) is 5.85. The lowest BCUT2D eigenvalue weighted by Crippen LogP contribution is -2.49. The second kappa shape index (κ2) is 8.68. The summed E-state index contributed by atoms with van der Waals surface area (Å²) in [6.07, 6.45) is 2.42. The molecule has 1 amide bonds. The van der Waals surface area contributed by atoms with Crippen molar-refractivity contribution in [2.24, 2.45) is 0 Å². The van der Waals surface area contributed by atoms with Crippen LogP contribution in [-0.2, 0) is 17.7 Å². The van der Waals surface area contributed by atoms with Crippen molar-refractivity contribution in [2.45, 2.75) is 37.6 Å². The fourth-order valence-electron chi connectivity index (χ4n) is 3.58. The van der Waals surface area contributed by atoms with Gasteiger partial charge in [0.1, 0.15) is 6.10 Å². The molecule has 0 bridgehead atoms. The summed E-state index contributed by atoms with van der Waals surface area (Å²) < 4.78 is 11.0. The third-order valence-electron chi connectivity index (χ3n) is 5.22. The lowest BCUT2D eigenvalue weighted by molar-refractivity contribution is 0.0869. The van der Waals surface area contributed by atoms with Gasteiger partial charge in [-0.25, -0.2) is 4.98 Å². The van der Waals surface area contributed by atoms with Crippen molar-refractivity contribution in [2.75, 3.05) is 19.8 Å². The molecule has 7 heteroatoms. The largest absolute Gasteiger partial charge is 0.472 e. The molecule has 0 saturated carbocycles. The van der Waals surface area contributed by atoms with Crippen LogP contribution in [0.5, 0.6) is 5.88 Å². The molecule has 3 atom stereocenters. The summed E-state index contributed by atoms with van der Waals surface area (Å²) in [6.45, 7) is 2.12. The summed E-state index contributed by atoms with van der Waals surface area (Å²) in [5.74, 6) is 0.152. The topological polar surface area (TPSA) is 92.7 Å². The van der Waals surface area contributed by atoms with E-state index in [2.05, 4.69) is 27.8 Å². The number of amides is 1. The molecular formula is C21H25N3O4. The fourth-order valence-corrected chi connectivity index (χ4v) is 3.58. The molecule has 2 aliphatic heterocycles. The summed E-state index contributed by atoms with van der Waals surface area (Å²) in [5.41, 5.74) is 2.95. The minimum atomic E-state index is -0.675. The third-order valence-corrected chi connectivity index (χ3v) is 5.22. The SMILES string of the molecule is O=C(NCC(O)[C@@H]1Cc2ccccc2CN1)c1ccnc(OC2CCOC2)c1. The number of carbonyl (C=O) groups is 1. The third kappa shape index (κ3) is 4.49. The van der Waals surface area contributed by atoms with E-state index >= 15 is 0 Å². The minimum Gasteiger partial charge on any atom is -0.472 e. The number of rotatable bonds is 6. The Hall–Kier alpha value is -2.48. The molecule has 7 nitrogen and oxygen atoms in total. The van der Waals surface area contributed by atoms with Crippen LogP contribution >= 0.6 is 0 Å². The van der Waals surface area contributed by atoms with Gasteiger partial charge in [0.15, 0.2) is 0 Å². The van der Waals surface area contributed by atoms with Gasteiger partial charge in [0.05, 0.1) is 19.3 Å². The van der Waals surface area contributed by atoms with Crippen LogP contribution in [0.1, 0.15) is 27.9 Å². The maximum atomic E-state index is 12.5. The van der Waals surface area contributed by atoms with E-state index in [1.54, 1.807) is 18.3 Å². The number of aliphatic hydroxyl groups is 1. The quantitative estimate of drug-likeness (QED) is 0.691. The number of ether oxygens (including phenoxy) is 2. The molecule has 1 aromatic heterocycles. The molecule has 1 saturated heterocycles. The predicted molar refractivity (Wildman–Crippen MR) is 103 cm³/mol. The number of hydrogen-bond acceptors (Lipinski definition) is 6. The van der Waals surface area contributed by atoms with Gasteiger partial charge in [0, 0.05) is 43.4 Å². The van der Waals surface area contributed by atoms with Crippen LogP contribution < -0.4 is 15.4 Å². The summed E-state index contributed by atoms with van der Waals surface area (Å²) in [6, 6.07) is 11.4. The number of aromatic nitrogens is 1. The van der Waals surface area contributed by atoms with Crippen LogP contribution in [0.25, 0.3) is 0 Å². The van der Waals surface area contributed by atoms with Gasteiger partial charge in [0.2, 0.25) is 5.88 Å². The first-order valence-corrected chi connectivity index (χ1v) is 9.66. The van der Waals surface area contributed by atoms with Crippen molar-refractivity contribution in [3.05, 3.63) is 59.3 Å². The van der Waals surface area contributed by atoms with Crippen LogP contribution in [0.15, 0.2) is 42.6 Å². The van der Waals surface area contributed by atoms with E-state index in [1.807, 2.05) is 12.1 Å². The maximum absolute atomic E-state index is 12.5. The number of fused-ring (bicyclic) bond motifs is 1. The molecule has 0 spiro atoms. The molecule has 28 heavy (non-hydrogen) atoms. The van der Waals surface area contributed by atoms with E-state index in [0.717, 1.165) is 19.4 Å². The van der Waals surface area contributed by atoms with Gasteiger partial charge in [-0.3, -0.25) is 4.79 Å². The number of nitrogens with zero attached hydrogens (tertiary/aromatic N) is 1. The number of nitrogens with one attached hydrogen (secondary N) is 2. The Morgan fingerprint density at radius 3 is 3.04 bits per heavy atom.